The summed E-state index contributed by atoms with van der Waals surface area (Å²) in [5, 5.41) is 2.82. The summed E-state index contributed by atoms with van der Waals surface area (Å²) < 4.78 is 11.4. The first-order valence-electron chi connectivity index (χ1n) is 9.96. The van der Waals surface area contributed by atoms with Crippen molar-refractivity contribution in [1.82, 2.24) is 0 Å². The lowest BCUT2D eigenvalue weighted by Gasteiger charge is -2.42. The van der Waals surface area contributed by atoms with Gasteiger partial charge in [0.2, 0.25) is 11.8 Å². The molecule has 0 bridgehead atoms. The van der Waals surface area contributed by atoms with Crippen molar-refractivity contribution in [2.75, 3.05) is 5.32 Å². The molecule has 0 saturated carbocycles. The van der Waals surface area contributed by atoms with E-state index in [-0.39, 0.29) is 34.6 Å². The molecule has 0 unspecified atom stereocenters. The predicted octanol–water partition coefficient (Wildman–Crippen LogP) is 3.06. The number of allylic oxidation sites excluding steroid dienone is 1. The number of hydrogen-bond acceptors (Lipinski definition) is 6. The molecule has 158 valence electrons. The van der Waals surface area contributed by atoms with Crippen molar-refractivity contribution >= 4 is 23.3 Å². The highest BCUT2D eigenvalue weighted by molar-refractivity contribution is 6.22. The Kier molecular flexibility index (Phi) is 4.18. The number of nitrogens with one attached hydrogen (secondary N) is 1. The molecule has 1 aliphatic carbocycles. The number of carbonyl (C=O) groups excluding carboxylic acids is 3. The van der Waals surface area contributed by atoms with Gasteiger partial charge < -0.3 is 20.5 Å². The first-order chi connectivity index (χ1) is 13.9. The third-order valence-electron chi connectivity index (χ3n) is 5.59. The second-order valence-corrected chi connectivity index (χ2v) is 9.83. The molecule has 3 aliphatic rings. The van der Waals surface area contributed by atoms with Gasteiger partial charge in [0.1, 0.15) is 22.3 Å². The molecule has 3 N–H and O–H groups in total. The van der Waals surface area contributed by atoms with Crippen molar-refractivity contribution < 1.29 is 23.9 Å². The summed E-state index contributed by atoms with van der Waals surface area (Å²) in [4.78, 5) is 40.2. The van der Waals surface area contributed by atoms with E-state index >= 15 is 0 Å². The largest absolute Gasteiger partial charge is 0.456 e. The smallest absolute Gasteiger partial charge is 0.341 e. The number of Topliss-reactive ketones (excluding diaryl/α,β-unsaturated/α-hetero) is 1. The second-order valence-electron chi connectivity index (χ2n) is 9.83. The molecule has 1 amide bonds. The van der Waals surface area contributed by atoms with E-state index in [1.165, 1.54) is 0 Å². The Balaban J connectivity index is 2.03. The summed E-state index contributed by atoms with van der Waals surface area (Å²) in [5.74, 6) is -1.39. The lowest BCUT2D eigenvalue weighted by atomic mass is 9.62. The fraction of sp³-hybridized carbons (Fsp3) is 0.435. The van der Waals surface area contributed by atoms with Crippen molar-refractivity contribution in [3.8, 4) is 0 Å². The topological polar surface area (TPSA) is 108 Å². The molecule has 4 rings (SSSR count). The highest BCUT2D eigenvalue weighted by atomic mass is 16.6. The molecule has 0 radical (unpaired) electrons. The van der Waals surface area contributed by atoms with Crippen LogP contribution in [0.1, 0.15) is 53.0 Å². The normalized spacial score (nSPS) is 25.0. The maximum atomic E-state index is 13.5. The molecular weight excluding hydrogens is 384 g/mol. The highest BCUT2D eigenvalue weighted by Crippen LogP contribution is 2.56. The highest BCUT2D eigenvalue weighted by Gasteiger charge is 2.62. The van der Waals surface area contributed by atoms with E-state index in [1.54, 1.807) is 45.0 Å². The van der Waals surface area contributed by atoms with Crippen molar-refractivity contribution in [2.45, 2.75) is 58.5 Å². The minimum atomic E-state index is -1.69. The molecule has 2 heterocycles. The molecule has 7 heteroatoms. The van der Waals surface area contributed by atoms with Crippen LogP contribution in [0.25, 0.3) is 0 Å². The zero-order valence-electron chi connectivity index (χ0n) is 17.8. The SMILES string of the molecule is CC1(C)CC(=O)C2=C(C1)OC(N)=C(C(=O)OC(C)(C)C)[C@]21C(=O)Nc2ccccc21. The Hall–Kier alpha value is -3.09. The average Bonchev–Trinajstić information content (AvgIpc) is 2.84. The summed E-state index contributed by atoms with van der Waals surface area (Å²) in [6.07, 6.45) is 0.654. The number of rotatable bonds is 1. The number of amides is 1. The van der Waals surface area contributed by atoms with Gasteiger partial charge in [-0.05, 0) is 32.3 Å². The van der Waals surface area contributed by atoms with Crippen LogP contribution in [0.3, 0.4) is 0 Å². The number of benzene rings is 1. The van der Waals surface area contributed by atoms with Crippen molar-refractivity contribution in [3.05, 3.63) is 52.6 Å². The van der Waals surface area contributed by atoms with Gasteiger partial charge in [-0.3, -0.25) is 9.59 Å². The Morgan fingerprint density at radius 2 is 1.83 bits per heavy atom. The van der Waals surface area contributed by atoms with Crippen LogP contribution < -0.4 is 11.1 Å². The van der Waals surface area contributed by atoms with Gasteiger partial charge in [-0.25, -0.2) is 4.79 Å². The lowest BCUT2D eigenvalue weighted by Crippen LogP contribution is -2.51. The standard InChI is InChI=1S/C23H26N2O5/c1-21(2,3)30-19(27)17-18(24)29-15-11-22(4,5)10-14(26)16(15)23(17)12-8-6-7-9-13(12)25-20(23)28/h6-9H,10-11,24H2,1-5H3,(H,25,28)/t23-/m1/s1. The number of nitrogens with two attached hydrogens (primary N) is 1. The molecule has 2 aliphatic heterocycles. The van der Waals surface area contributed by atoms with Crippen LogP contribution in [-0.2, 0) is 29.3 Å². The fourth-order valence-electron chi connectivity index (χ4n) is 4.60. The van der Waals surface area contributed by atoms with E-state index < -0.39 is 22.9 Å². The molecule has 1 aromatic rings. The molecule has 7 nitrogen and oxygen atoms in total. The number of anilines is 1. The van der Waals surface area contributed by atoms with E-state index in [9.17, 15) is 14.4 Å². The Morgan fingerprint density at radius 1 is 1.17 bits per heavy atom. The van der Waals surface area contributed by atoms with E-state index in [0.717, 1.165) is 0 Å². The number of carbonyl (C=O) groups is 3. The maximum absolute atomic E-state index is 13.5. The number of para-hydroxylation sites is 1. The summed E-state index contributed by atoms with van der Waals surface area (Å²) in [6, 6.07) is 7.00. The molecule has 1 spiro atoms. The first-order valence-corrected chi connectivity index (χ1v) is 9.96. The third kappa shape index (κ3) is 2.83. The number of ether oxygens (including phenoxy) is 2. The molecule has 1 aromatic carbocycles. The van der Waals surface area contributed by atoms with Crippen LogP contribution in [0.4, 0.5) is 5.69 Å². The van der Waals surface area contributed by atoms with Crippen LogP contribution in [0.5, 0.6) is 0 Å². The van der Waals surface area contributed by atoms with Crippen LogP contribution in [0.2, 0.25) is 0 Å². The molecule has 0 aromatic heterocycles. The van der Waals surface area contributed by atoms with E-state index in [1.807, 2.05) is 13.8 Å². The minimum Gasteiger partial charge on any atom is -0.456 e. The van der Waals surface area contributed by atoms with Crippen LogP contribution in [0.15, 0.2) is 47.1 Å². The molecule has 0 saturated heterocycles. The fourth-order valence-corrected chi connectivity index (χ4v) is 4.60. The Labute approximate surface area is 175 Å². The van der Waals surface area contributed by atoms with E-state index in [4.69, 9.17) is 15.2 Å². The average molecular weight is 410 g/mol. The quantitative estimate of drug-likeness (QED) is 0.689. The van der Waals surface area contributed by atoms with Crippen molar-refractivity contribution in [3.63, 3.8) is 0 Å². The second kappa shape index (κ2) is 6.20. The van der Waals surface area contributed by atoms with Gasteiger partial charge >= 0.3 is 5.97 Å². The van der Waals surface area contributed by atoms with Gasteiger partial charge in [-0.15, -0.1) is 0 Å². The zero-order chi connectivity index (χ0) is 22.1. The third-order valence-corrected chi connectivity index (χ3v) is 5.59. The van der Waals surface area contributed by atoms with Gasteiger partial charge in [-0.2, -0.15) is 0 Å². The monoisotopic (exact) mass is 410 g/mol. The Morgan fingerprint density at radius 3 is 2.50 bits per heavy atom. The zero-order valence-corrected chi connectivity index (χ0v) is 17.8. The molecule has 0 fully saturated rings. The number of ketones is 1. The maximum Gasteiger partial charge on any atom is 0.341 e. The van der Waals surface area contributed by atoms with Crippen molar-refractivity contribution in [1.29, 1.82) is 0 Å². The summed E-state index contributed by atoms with van der Waals surface area (Å²) in [6.45, 7) is 9.08. The first kappa shape index (κ1) is 20.2. The molecule has 30 heavy (non-hydrogen) atoms. The van der Waals surface area contributed by atoms with Gasteiger partial charge in [0.25, 0.3) is 0 Å². The van der Waals surface area contributed by atoms with Gasteiger partial charge in [0, 0.05) is 24.1 Å². The predicted molar refractivity (Wildman–Crippen MR) is 110 cm³/mol. The van der Waals surface area contributed by atoms with Crippen LogP contribution in [0, 0.1) is 5.41 Å². The molecular formula is C23H26N2O5. The summed E-state index contributed by atoms with van der Waals surface area (Å²) >= 11 is 0. The van der Waals surface area contributed by atoms with Gasteiger partial charge in [0.05, 0.1) is 5.57 Å². The van der Waals surface area contributed by atoms with Crippen molar-refractivity contribution in [2.24, 2.45) is 11.1 Å². The minimum absolute atomic E-state index is 0.147. The number of hydrogen-bond donors (Lipinski definition) is 2. The Bertz CT molecular complexity index is 1060. The van der Waals surface area contributed by atoms with Crippen LogP contribution >= 0.6 is 0 Å². The van der Waals surface area contributed by atoms with Gasteiger partial charge in [-0.1, -0.05) is 32.0 Å². The number of esters is 1. The number of fused-ring (bicyclic) bond motifs is 3. The van der Waals surface area contributed by atoms with Crippen LogP contribution in [-0.4, -0.2) is 23.3 Å². The van der Waals surface area contributed by atoms with E-state index in [2.05, 4.69) is 5.32 Å². The van der Waals surface area contributed by atoms with E-state index in [0.29, 0.717) is 23.4 Å². The summed E-state index contributed by atoms with van der Waals surface area (Å²) in [5.41, 5.74) is 4.44. The lowest BCUT2D eigenvalue weighted by molar-refractivity contribution is -0.152. The summed E-state index contributed by atoms with van der Waals surface area (Å²) in [7, 11) is 0. The van der Waals surface area contributed by atoms with Gasteiger partial charge in [0.15, 0.2) is 5.78 Å². The molecule has 1 atom stereocenters.